The smallest absolute Gasteiger partial charge is 0.251 e. The fourth-order valence-corrected chi connectivity index (χ4v) is 5.34. The molecule has 0 fully saturated rings. The second-order valence-corrected chi connectivity index (χ2v) is 9.12. The Kier molecular flexibility index (Phi) is 6.24. The number of aromatic nitrogens is 1. The zero-order valence-corrected chi connectivity index (χ0v) is 17.9. The molecule has 0 saturated heterocycles. The van der Waals surface area contributed by atoms with Crippen LogP contribution in [0.2, 0.25) is 0 Å². The van der Waals surface area contributed by atoms with Gasteiger partial charge in [0.15, 0.2) is 0 Å². The highest BCUT2D eigenvalue weighted by Gasteiger charge is 2.29. The number of amides is 1. The van der Waals surface area contributed by atoms with Crippen LogP contribution in [-0.2, 0) is 27.8 Å². The predicted octanol–water partition coefficient (Wildman–Crippen LogP) is 2.02. The van der Waals surface area contributed by atoms with Crippen LogP contribution in [0.4, 0.5) is 0 Å². The molecule has 8 heteroatoms. The van der Waals surface area contributed by atoms with E-state index in [-0.39, 0.29) is 23.4 Å². The van der Waals surface area contributed by atoms with Crippen molar-refractivity contribution in [3.05, 3.63) is 64.1 Å². The van der Waals surface area contributed by atoms with Gasteiger partial charge in [0.1, 0.15) is 6.54 Å². The lowest BCUT2D eigenvalue weighted by Crippen LogP contribution is -2.36. The van der Waals surface area contributed by atoms with Gasteiger partial charge in [-0.15, -0.1) is 0 Å². The van der Waals surface area contributed by atoms with Crippen LogP contribution in [0.3, 0.4) is 0 Å². The van der Waals surface area contributed by atoms with Crippen LogP contribution in [-0.4, -0.2) is 48.2 Å². The van der Waals surface area contributed by atoms with Gasteiger partial charge >= 0.3 is 0 Å². The largest absolute Gasteiger partial charge is 0.337 e. The van der Waals surface area contributed by atoms with Crippen molar-refractivity contribution in [2.24, 2.45) is 0 Å². The number of sulfonamides is 1. The minimum atomic E-state index is -3.70. The molecule has 1 amide bonds. The SMILES string of the molecule is CCN(CC)S(=O)(=O)c1ccc(=O)n(CC(=O)N(C)C2CCc3ccccc32)c1. The molecule has 7 nitrogen and oxygen atoms in total. The molecule has 1 aliphatic carbocycles. The summed E-state index contributed by atoms with van der Waals surface area (Å²) in [6, 6.07) is 10.5. The molecule has 2 aromatic rings. The highest BCUT2D eigenvalue weighted by Crippen LogP contribution is 2.34. The number of hydrogen-bond acceptors (Lipinski definition) is 4. The number of fused-ring (bicyclic) bond motifs is 1. The molecule has 0 aliphatic heterocycles. The fraction of sp³-hybridized carbons (Fsp3) is 0.429. The van der Waals surface area contributed by atoms with Crippen LogP contribution in [0.5, 0.6) is 0 Å². The quantitative estimate of drug-likeness (QED) is 0.690. The first kappa shape index (κ1) is 21.3. The molecule has 1 heterocycles. The average molecular weight is 418 g/mol. The molecule has 156 valence electrons. The van der Waals surface area contributed by atoms with Crippen LogP contribution in [0.15, 0.2) is 52.3 Å². The lowest BCUT2D eigenvalue weighted by Gasteiger charge is -2.26. The Hall–Kier alpha value is -2.45. The summed E-state index contributed by atoms with van der Waals surface area (Å²) in [5.41, 5.74) is 1.97. The number of nitrogens with zero attached hydrogens (tertiary/aromatic N) is 3. The maximum absolute atomic E-state index is 12.9. The molecule has 1 aliphatic rings. The van der Waals surface area contributed by atoms with Crippen molar-refractivity contribution in [1.82, 2.24) is 13.8 Å². The molecule has 1 aromatic carbocycles. The van der Waals surface area contributed by atoms with Crippen molar-refractivity contribution < 1.29 is 13.2 Å². The second-order valence-electron chi connectivity index (χ2n) is 7.18. The highest BCUT2D eigenvalue weighted by atomic mass is 32.2. The molecule has 1 aromatic heterocycles. The van der Waals surface area contributed by atoms with E-state index in [0.717, 1.165) is 18.4 Å². The average Bonchev–Trinajstić information content (AvgIpc) is 3.13. The maximum Gasteiger partial charge on any atom is 0.251 e. The van der Waals surface area contributed by atoms with E-state index < -0.39 is 15.6 Å². The van der Waals surface area contributed by atoms with Gasteiger partial charge in [-0.2, -0.15) is 4.31 Å². The molecular weight excluding hydrogens is 390 g/mol. The highest BCUT2D eigenvalue weighted by molar-refractivity contribution is 7.89. The lowest BCUT2D eigenvalue weighted by atomic mass is 10.1. The van der Waals surface area contributed by atoms with Crippen LogP contribution >= 0.6 is 0 Å². The number of aryl methyl sites for hydroxylation is 1. The molecule has 1 atom stereocenters. The molecule has 0 spiro atoms. The monoisotopic (exact) mass is 417 g/mol. The first-order chi connectivity index (χ1) is 13.8. The molecular formula is C21H27N3O4S. The van der Waals surface area contributed by atoms with Gasteiger partial charge in [0.25, 0.3) is 5.56 Å². The standard InChI is InChI=1S/C21H27N3O4S/c1-4-24(5-2)29(27,28)17-11-13-20(25)23(14-17)15-21(26)22(3)19-12-10-16-8-6-7-9-18(16)19/h6-9,11,13-14,19H,4-5,10,12,15H2,1-3H3. The predicted molar refractivity (Wildman–Crippen MR) is 111 cm³/mol. The Morgan fingerprint density at radius 1 is 1.14 bits per heavy atom. The third kappa shape index (κ3) is 4.13. The molecule has 1 unspecified atom stereocenters. The van der Waals surface area contributed by atoms with Crippen molar-refractivity contribution in [3.8, 4) is 0 Å². The number of likely N-dealkylation sites (N-methyl/N-ethyl adjacent to an activating group) is 1. The van der Waals surface area contributed by atoms with Crippen molar-refractivity contribution in [3.63, 3.8) is 0 Å². The summed E-state index contributed by atoms with van der Waals surface area (Å²) in [4.78, 5) is 26.8. The van der Waals surface area contributed by atoms with E-state index in [1.807, 2.05) is 18.2 Å². The Morgan fingerprint density at radius 2 is 1.83 bits per heavy atom. The molecule has 3 rings (SSSR count). The van der Waals surface area contributed by atoms with Gasteiger partial charge < -0.3 is 9.47 Å². The first-order valence-electron chi connectivity index (χ1n) is 9.83. The minimum absolute atomic E-state index is 0.0162. The third-order valence-corrected chi connectivity index (χ3v) is 7.60. The van der Waals surface area contributed by atoms with Crippen molar-refractivity contribution in [1.29, 1.82) is 0 Å². The summed E-state index contributed by atoms with van der Waals surface area (Å²) in [7, 11) is -1.97. The third-order valence-electron chi connectivity index (χ3n) is 5.57. The van der Waals surface area contributed by atoms with Gasteiger partial charge in [0, 0.05) is 32.4 Å². The van der Waals surface area contributed by atoms with Gasteiger partial charge in [-0.25, -0.2) is 8.42 Å². The second kappa shape index (κ2) is 8.51. The van der Waals surface area contributed by atoms with Crippen LogP contribution < -0.4 is 5.56 Å². The van der Waals surface area contributed by atoms with E-state index in [4.69, 9.17) is 0 Å². The normalized spacial score (nSPS) is 16.1. The van der Waals surface area contributed by atoms with Gasteiger partial charge in [-0.1, -0.05) is 38.1 Å². The number of hydrogen-bond donors (Lipinski definition) is 0. The van der Waals surface area contributed by atoms with E-state index in [0.29, 0.717) is 13.1 Å². The summed E-state index contributed by atoms with van der Waals surface area (Å²) in [5.74, 6) is -0.230. The van der Waals surface area contributed by atoms with Crippen LogP contribution in [0, 0.1) is 0 Å². The van der Waals surface area contributed by atoms with E-state index >= 15 is 0 Å². The van der Waals surface area contributed by atoms with Crippen molar-refractivity contribution in [2.75, 3.05) is 20.1 Å². The topological polar surface area (TPSA) is 79.7 Å². The van der Waals surface area contributed by atoms with Gasteiger partial charge in [0.05, 0.1) is 10.9 Å². The first-order valence-corrected chi connectivity index (χ1v) is 11.3. The number of carbonyl (C=O) groups is 1. The van der Waals surface area contributed by atoms with E-state index in [9.17, 15) is 18.0 Å². The number of pyridine rings is 1. The summed E-state index contributed by atoms with van der Waals surface area (Å²) < 4.78 is 28.0. The van der Waals surface area contributed by atoms with Crippen molar-refractivity contribution in [2.45, 2.75) is 44.2 Å². The number of carbonyl (C=O) groups excluding carboxylic acids is 1. The number of rotatable bonds is 7. The minimum Gasteiger partial charge on any atom is -0.337 e. The van der Waals surface area contributed by atoms with Gasteiger partial charge in [-0.3, -0.25) is 9.59 Å². The van der Waals surface area contributed by atoms with Gasteiger partial charge in [-0.05, 0) is 30.0 Å². The molecule has 0 bridgehead atoms. The molecule has 0 N–H and O–H groups in total. The lowest BCUT2D eigenvalue weighted by molar-refractivity contribution is -0.132. The fourth-order valence-electron chi connectivity index (χ4n) is 3.87. The summed E-state index contributed by atoms with van der Waals surface area (Å²) >= 11 is 0. The molecule has 29 heavy (non-hydrogen) atoms. The Labute approximate surface area is 171 Å². The van der Waals surface area contributed by atoms with E-state index in [1.54, 1.807) is 25.8 Å². The Bertz CT molecular complexity index is 1060. The summed E-state index contributed by atoms with van der Waals surface area (Å²) in [5, 5.41) is 0. The molecule has 0 radical (unpaired) electrons. The zero-order chi connectivity index (χ0) is 21.2. The zero-order valence-electron chi connectivity index (χ0n) is 17.0. The molecule has 0 saturated carbocycles. The van der Waals surface area contributed by atoms with E-state index in [2.05, 4.69) is 6.07 Å². The number of benzene rings is 1. The maximum atomic E-state index is 12.9. The Balaban J connectivity index is 1.83. The summed E-state index contributed by atoms with van der Waals surface area (Å²) in [6.07, 6.45) is 3.02. The Morgan fingerprint density at radius 3 is 2.52 bits per heavy atom. The van der Waals surface area contributed by atoms with Crippen LogP contribution in [0.25, 0.3) is 0 Å². The van der Waals surface area contributed by atoms with Crippen LogP contribution in [0.1, 0.15) is 37.4 Å². The van der Waals surface area contributed by atoms with Gasteiger partial charge in [0.2, 0.25) is 15.9 Å². The van der Waals surface area contributed by atoms with Crippen molar-refractivity contribution >= 4 is 15.9 Å². The summed E-state index contributed by atoms with van der Waals surface area (Å²) in [6.45, 7) is 3.99. The van der Waals surface area contributed by atoms with E-state index in [1.165, 1.54) is 32.8 Å².